The van der Waals surface area contributed by atoms with Crippen LogP contribution in [0.5, 0.6) is 5.75 Å². The Morgan fingerprint density at radius 2 is 2.00 bits per heavy atom. The third-order valence-corrected chi connectivity index (χ3v) is 3.78. The molecule has 0 spiro atoms. The van der Waals surface area contributed by atoms with E-state index in [-0.39, 0.29) is 10.0 Å². The number of rotatable bonds is 2. The van der Waals surface area contributed by atoms with Gasteiger partial charge in [-0.1, -0.05) is 15.9 Å². The molecular weight excluding hydrogens is 327 g/mol. The summed E-state index contributed by atoms with van der Waals surface area (Å²) >= 11 is 2.99. The summed E-state index contributed by atoms with van der Waals surface area (Å²) < 4.78 is 38.6. The molecule has 2 rings (SSSR count). The molecule has 0 aromatic heterocycles. The Balaban J connectivity index is 2.64. The molecule has 3 nitrogen and oxygen atoms in total. The Labute approximate surface area is 115 Å². The van der Waals surface area contributed by atoms with Crippen molar-refractivity contribution in [3.8, 4) is 5.75 Å². The topological polar surface area (TPSA) is 49.7 Å². The van der Waals surface area contributed by atoms with Crippen LogP contribution >= 0.6 is 15.9 Å². The van der Waals surface area contributed by atoms with Gasteiger partial charge in [-0.25, -0.2) is 4.79 Å². The van der Waals surface area contributed by atoms with Crippen LogP contribution in [-0.2, 0) is 16.5 Å². The maximum absolute atomic E-state index is 12.8. The Morgan fingerprint density at radius 3 is 2.42 bits per heavy atom. The largest absolute Gasteiger partial charge is 0.507 e. The number of hydrogen-bond donors (Lipinski definition) is 1. The van der Waals surface area contributed by atoms with Crippen LogP contribution in [-0.4, -0.2) is 11.2 Å². The number of alkyl halides is 3. The summed E-state index contributed by atoms with van der Waals surface area (Å²) in [7, 11) is 0. The molecule has 1 aliphatic rings. The van der Waals surface area contributed by atoms with Crippen molar-refractivity contribution >= 4 is 22.0 Å². The first kappa shape index (κ1) is 14.1. The summed E-state index contributed by atoms with van der Waals surface area (Å²) in [5.41, 5.74) is -2.19. The van der Waals surface area contributed by atoms with E-state index in [1.165, 1.54) is 12.1 Å². The van der Waals surface area contributed by atoms with Crippen molar-refractivity contribution in [2.24, 2.45) is 4.99 Å². The Morgan fingerprint density at radius 1 is 1.37 bits per heavy atom. The third kappa shape index (κ3) is 2.40. The van der Waals surface area contributed by atoms with Gasteiger partial charge >= 0.3 is 6.18 Å². The summed E-state index contributed by atoms with van der Waals surface area (Å²) in [6, 6.07) is 2.17. The average Bonchev–Trinajstić information content (AvgIpc) is 2.25. The molecule has 0 saturated heterocycles. The molecule has 1 saturated carbocycles. The number of carbonyl (C=O) groups excluding carboxylic acids is 1. The van der Waals surface area contributed by atoms with E-state index in [0.717, 1.165) is 12.5 Å². The van der Waals surface area contributed by atoms with E-state index in [9.17, 15) is 23.1 Å². The van der Waals surface area contributed by atoms with Crippen LogP contribution in [0.15, 0.2) is 21.6 Å². The summed E-state index contributed by atoms with van der Waals surface area (Å²) in [6.45, 7) is 0. The van der Waals surface area contributed by atoms with E-state index in [4.69, 9.17) is 0 Å². The van der Waals surface area contributed by atoms with Gasteiger partial charge in [0.1, 0.15) is 11.3 Å². The summed E-state index contributed by atoms with van der Waals surface area (Å²) in [5.74, 6) is -0.866. The van der Waals surface area contributed by atoms with Crippen LogP contribution in [0.4, 0.5) is 13.2 Å². The van der Waals surface area contributed by atoms with Crippen LogP contribution in [0.25, 0.3) is 0 Å². The van der Waals surface area contributed by atoms with Crippen molar-refractivity contribution in [1.29, 1.82) is 0 Å². The maximum atomic E-state index is 12.8. The Kier molecular flexibility index (Phi) is 3.45. The fourth-order valence-corrected chi connectivity index (χ4v) is 2.67. The zero-order valence-electron chi connectivity index (χ0n) is 9.59. The molecule has 1 aromatic carbocycles. The van der Waals surface area contributed by atoms with Gasteiger partial charge in [0.05, 0.1) is 5.56 Å². The Bertz CT molecular complexity index is 561. The van der Waals surface area contributed by atoms with Gasteiger partial charge in [0.15, 0.2) is 0 Å². The van der Waals surface area contributed by atoms with Crippen molar-refractivity contribution in [2.75, 3.05) is 0 Å². The van der Waals surface area contributed by atoms with Crippen molar-refractivity contribution in [3.05, 3.63) is 27.7 Å². The first-order valence-electron chi connectivity index (χ1n) is 5.49. The highest BCUT2D eigenvalue weighted by Crippen LogP contribution is 2.51. The minimum absolute atomic E-state index is 0.0174. The molecule has 0 atom stereocenters. The van der Waals surface area contributed by atoms with Crippen LogP contribution in [0, 0.1) is 0 Å². The van der Waals surface area contributed by atoms with E-state index in [1.807, 2.05) is 0 Å². The minimum atomic E-state index is -4.67. The number of isocyanates is 1. The van der Waals surface area contributed by atoms with Crippen LogP contribution in [0.1, 0.15) is 30.4 Å². The van der Waals surface area contributed by atoms with E-state index in [1.54, 1.807) is 0 Å². The van der Waals surface area contributed by atoms with E-state index >= 15 is 0 Å². The highest BCUT2D eigenvalue weighted by atomic mass is 79.9. The predicted octanol–water partition coefficient (Wildman–Crippen LogP) is 3.89. The highest BCUT2D eigenvalue weighted by molar-refractivity contribution is 9.10. The van der Waals surface area contributed by atoms with Gasteiger partial charge in [0.2, 0.25) is 6.08 Å². The smallest absolute Gasteiger partial charge is 0.420 e. The molecule has 0 aliphatic heterocycles. The molecule has 0 bridgehead atoms. The molecule has 0 radical (unpaired) electrons. The van der Waals surface area contributed by atoms with Crippen LogP contribution < -0.4 is 0 Å². The molecule has 0 amide bonds. The van der Waals surface area contributed by atoms with Crippen LogP contribution in [0.2, 0.25) is 0 Å². The van der Waals surface area contributed by atoms with Crippen molar-refractivity contribution in [1.82, 2.24) is 0 Å². The predicted molar refractivity (Wildman–Crippen MR) is 64.5 cm³/mol. The zero-order chi connectivity index (χ0) is 14.3. The molecule has 1 N–H and O–H groups in total. The van der Waals surface area contributed by atoms with Crippen molar-refractivity contribution < 1.29 is 23.1 Å². The first-order valence-corrected chi connectivity index (χ1v) is 6.29. The maximum Gasteiger partial charge on any atom is 0.420 e. The monoisotopic (exact) mass is 335 g/mol. The van der Waals surface area contributed by atoms with Crippen LogP contribution in [0.3, 0.4) is 0 Å². The summed E-state index contributed by atoms with van der Waals surface area (Å²) in [4.78, 5) is 14.1. The molecule has 7 heteroatoms. The zero-order valence-corrected chi connectivity index (χ0v) is 11.2. The number of benzene rings is 1. The molecule has 1 fully saturated rings. The molecular formula is C12H9BrF3NO2. The standard InChI is InChI=1S/C12H9BrF3NO2/c13-7-4-8(11(17-6-18)2-1-3-11)10(19)9(5-7)12(14,15)16/h4-5,19H,1-3H2. The fourth-order valence-electron chi connectivity index (χ4n) is 2.21. The Hall–Kier alpha value is -1.33. The second kappa shape index (κ2) is 4.65. The highest BCUT2D eigenvalue weighted by Gasteiger charge is 2.44. The lowest BCUT2D eigenvalue weighted by Gasteiger charge is -2.38. The van der Waals surface area contributed by atoms with Crippen molar-refractivity contribution in [3.63, 3.8) is 0 Å². The number of phenolic OH excluding ortho intramolecular Hbond substituents is 1. The molecule has 0 heterocycles. The molecule has 1 aromatic rings. The summed E-state index contributed by atoms with van der Waals surface area (Å²) in [6.07, 6.45) is -1.71. The summed E-state index contributed by atoms with van der Waals surface area (Å²) in [5, 5.41) is 9.85. The average molecular weight is 336 g/mol. The molecule has 19 heavy (non-hydrogen) atoms. The lowest BCUT2D eigenvalue weighted by atomic mass is 9.71. The minimum Gasteiger partial charge on any atom is -0.507 e. The number of aliphatic imine (C=N–C) groups is 1. The van der Waals surface area contributed by atoms with E-state index in [0.29, 0.717) is 12.8 Å². The van der Waals surface area contributed by atoms with Gasteiger partial charge in [0, 0.05) is 10.0 Å². The number of nitrogens with zero attached hydrogens (tertiary/aromatic N) is 1. The number of halogens is 4. The van der Waals surface area contributed by atoms with Gasteiger partial charge in [-0.2, -0.15) is 18.2 Å². The van der Waals surface area contributed by atoms with Gasteiger partial charge < -0.3 is 5.11 Å². The lowest BCUT2D eigenvalue weighted by molar-refractivity contribution is -0.138. The van der Waals surface area contributed by atoms with Gasteiger partial charge in [-0.15, -0.1) is 0 Å². The van der Waals surface area contributed by atoms with Gasteiger partial charge in [-0.3, -0.25) is 0 Å². The van der Waals surface area contributed by atoms with E-state index in [2.05, 4.69) is 20.9 Å². The second-order valence-corrected chi connectivity index (χ2v) is 5.35. The lowest BCUT2D eigenvalue weighted by Crippen LogP contribution is -2.32. The van der Waals surface area contributed by atoms with Gasteiger partial charge in [0.25, 0.3) is 0 Å². The fraction of sp³-hybridized carbons (Fsp3) is 0.417. The van der Waals surface area contributed by atoms with E-state index < -0.39 is 23.0 Å². The molecule has 0 unspecified atom stereocenters. The quantitative estimate of drug-likeness (QED) is 0.658. The number of hydrogen-bond acceptors (Lipinski definition) is 3. The third-order valence-electron chi connectivity index (χ3n) is 3.32. The SMILES string of the molecule is O=C=NC1(c2cc(Br)cc(C(F)(F)F)c2O)CCC1. The second-order valence-electron chi connectivity index (χ2n) is 4.44. The number of aromatic hydroxyl groups is 1. The normalized spacial score (nSPS) is 17.5. The van der Waals surface area contributed by atoms with Gasteiger partial charge in [-0.05, 0) is 31.4 Å². The van der Waals surface area contributed by atoms with Crippen molar-refractivity contribution in [2.45, 2.75) is 31.0 Å². The number of phenols is 1. The first-order chi connectivity index (χ1) is 8.80. The molecule has 1 aliphatic carbocycles. The molecule has 102 valence electrons.